The van der Waals surface area contributed by atoms with Crippen LogP contribution >= 0.6 is 0 Å². The Labute approximate surface area is 191 Å². The van der Waals surface area contributed by atoms with E-state index in [-0.39, 0.29) is 22.0 Å². The van der Waals surface area contributed by atoms with E-state index < -0.39 is 33.3 Å². The number of carbonyl (C=O) groups excluding carboxylic acids is 2. The maximum Gasteiger partial charge on any atom is 0.418 e. The largest absolute Gasteiger partial charge is 0.462 e. The van der Waals surface area contributed by atoms with E-state index in [9.17, 15) is 22.4 Å². The Morgan fingerprint density at radius 3 is 2.36 bits per heavy atom. The van der Waals surface area contributed by atoms with Crippen LogP contribution in [0.25, 0.3) is 11.1 Å². The number of ether oxygens (including phenoxy) is 2. The summed E-state index contributed by atoms with van der Waals surface area (Å²) in [7, 11) is -4.09. The number of halogens is 1. The zero-order valence-electron chi connectivity index (χ0n) is 18.7. The highest BCUT2D eigenvalue weighted by Gasteiger charge is 2.24. The molecule has 0 aliphatic heterocycles. The normalized spacial score (nSPS) is 11.8. The van der Waals surface area contributed by atoms with Gasteiger partial charge in [-0.15, -0.1) is 0 Å². The first-order valence-electron chi connectivity index (χ1n) is 10.2. The first kappa shape index (κ1) is 24.2. The number of carbonyl (C=O) groups is 2. The summed E-state index contributed by atoms with van der Waals surface area (Å²) in [5, 5.41) is 0. The molecule has 0 spiro atoms. The number of aromatic nitrogens is 1. The molecule has 0 unspecified atom stereocenters. The Bertz CT molecular complexity index is 1300. The van der Waals surface area contributed by atoms with Crippen molar-refractivity contribution in [1.82, 2.24) is 4.57 Å². The van der Waals surface area contributed by atoms with Gasteiger partial charge in [0.25, 0.3) is 0 Å². The SMILES string of the molecule is CCOC(=O)c1cc(S(=O)(=O)c2cccc(F)c2)ccc1-c1ccn(C(=O)OC(C)(C)C)c1. The molecule has 1 heterocycles. The quantitative estimate of drug-likeness (QED) is 0.480. The average Bonchev–Trinajstić information content (AvgIpc) is 3.22. The van der Waals surface area contributed by atoms with Crippen LogP contribution in [0.4, 0.5) is 9.18 Å². The Morgan fingerprint density at radius 1 is 1.03 bits per heavy atom. The third-order valence-corrected chi connectivity index (χ3v) is 6.26. The van der Waals surface area contributed by atoms with E-state index in [2.05, 4.69) is 0 Å². The summed E-state index contributed by atoms with van der Waals surface area (Å²) in [6.07, 6.45) is 2.36. The first-order chi connectivity index (χ1) is 15.4. The fourth-order valence-electron chi connectivity index (χ4n) is 3.07. The highest BCUT2D eigenvalue weighted by Crippen LogP contribution is 2.30. The Balaban J connectivity index is 2.07. The summed E-state index contributed by atoms with van der Waals surface area (Å²) < 4.78 is 51.3. The van der Waals surface area contributed by atoms with Crippen LogP contribution in [0, 0.1) is 5.82 Å². The molecule has 2 aromatic carbocycles. The van der Waals surface area contributed by atoms with Crippen molar-refractivity contribution in [3.05, 3.63) is 72.3 Å². The van der Waals surface area contributed by atoms with E-state index in [1.807, 2.05) is 0 Å². The zero-order valence-corrected chi connectivity index (χ0v) is 19.5. The third-order valence-electron chi connectivity index (χ3n) is 4.51. The molecule has 0 bridgehead atoms. The molecule has 0 fully saturated rings. The lowest BCUT2D eigenvalue weighted by Gasteiger charge is -2.19. The minimum atomic E-state index is -4.09. The number of rotatable bonds is 5. The summed E-state index contributed by atoms with van der Waals surface area (Å²) in [6, 6.07) is 10.2. The van der Waals surface area contributed by atoms with Crippen molar-refractivity contribution in [3.63, 3.8) is 0 Å². The predicted octanol–water partition coefficient (Wildman–Crippen LogP) is 5.09. The van der Waals surface area contributed by atoms with Crippen LogP contribution in [0.2, 0.25) is 0 Å². The van der Waals surface area contributed by atoms with Gasteiger partial charge in [0, 0.05) is 18.0 Å². The Hall–Kier alpha value is -3.46. The van der Waals surface area contributed by atoms with E-state index in [4.69, 9.17) is 9.47 Å². The first-order valence-corrected chi connectivity index (χ1v) is 11.6. The maximum absolute atomic E-state index is 13.6. The van der Waals surface area contributed by atoms with E-state index in [0.29, 0.717) is 11.1 Å². The van der Waals surface area contributed by atoms with Gasteiger partial charge in [0.2, 0.25) is 9.84 Å². The number of nitrogens with zero attached hydrogens (tertiary/aromatic N) is 1. The van der Waals surface area contributed by atoms with Gasteiger partial charge >= 0.3 is 12.1 Å². The van der Waals surface area contributed by atoms with E-state index >= 15 is 0 Å². The van der Waals surface area contributed by atoms with Gasteiger partial charge in [0.1, 0.15) is 11.4 Å². The zero-order chi connectivity index (χ0) is 24.4. The maximum atomic E-state index is 13.6. The van der Waals surface area contributed by atoms with Gasteiger partial charge in [-0.2, -0.15) is 0 Å². The molecule has 7 nitrogen and oxygen atoms in total. The van der Waals surface area contributed by atoms with Crippen LogP contribution in [-0.4, -0.2) is 37.3 Å². The molecule has 174 valence electrons. The smallest absolute Gasteiger partial charge is 0.418 e. The van der Waals surface area contributed by atoms with Crippen molar-refractivity contribution in [3.8, 4) is 11.1 Å². The molecule has 0 amide bonds. The summed E-state index contributed by atoms with van der Waals surface area (Å²) in [4.78, 5) is 24.6. The minimum Gasteiger partial charge on any atom is -0.462 e. The van der Waals surface area contributed by atoms with Crippen LogP contribution in [-0.2, 0) is 19.3 Å². The lowest BCUT2D eigenvalue weighted by Crippen LogP contribution is -2.26. The lowest BCUT2D eigenvalue weighted by atomic mass is 10.0. The number of esters is 1. The van der Waals surface area contributed by atoms with E-state index in [1.165, 1.54) is 47.3 Å². The second kappa shape index (κ2) is 9.19. The van der Waals surface area contributed by atoms with Gasteiger partial charge < -0.3 is 9.47 Å². The van der Waals surface area contributed by atoms with Crippen molar-refractivity contribution >= 4 is 21.9 Å². The molecule has 0 radical (unpaired) electrons. The molecule has 0 aliphatic carbocycles. The average molecular weight is 474 g/mol. The van der Waals surface area contributed by atoms with Crippen LogP contribution in [0.15, 0.2) is 70.7 Å². The van der Waals surface area contributed by atoms with Gasteiger partial charge in [0.05, 0.1) is 22.0 Å². The highest BCUT2D eigenvalue weighted by molar-refractivity contribution is 7.91. The molecule has 0 saturated carbocycles. The molecular formula is C24H24FNO6S. The van der Waals surface area contributed by atoms with Crippen LogP contribution < -0.4 is 0 Å². The third kappa shape index (κ3) is 5.48. The van der Waals surface area contributed by atoms with Crippen molar-refractivity contribution in [2.45, 2.75) is 43.1 Å². The van der Waals surface area contributed by atoms with Crippen molar-refractivity contribution in [2.75, 3.05) is 6.61 Å². The topological polar surface area (TPSA) is 91.7 Å². The van der Waals surface area contributed by atoms with Crippen molar-refractivity contribution < 1.29 is 31.9 Å². The number of hydrogen-bond donors (Lipinski definition) is 0. The lowest BCUT2D eigenvalue weighted by molar-refractivity contribution is 0.0521. The minimum absolute atomic E-state index is 0.00346. The number of benzene rings is 2. The summed E-state index contributed by atoms with van der Waals surface area (Å²) >= 11 is 0. The Kier molecular flexibility index (Phi) is 6.73. The molecular weight excluding hydrogens is 449 g/mol. The second-order valence-electron chi connectivity index (χ2n) is 8.18. The van der Waals surface area contributed by atoms with Crippen LogP contribution in [0.5, 0.6) is 0 Å². The summed E-state index contributed by atoms with van der Waals surface area (Å²) in [5.41, 5.74) is 0.161. The summed E-state index contributed by atoms with van der Waals surface area (Å²) in [5.74, 6) is -1.42. The Morgan fingerprint density at radius 2 is 1.73 bits per heavy atom. The number of sulfone groups is 1. The molecule has 33 heavy (non-hydrogen) atoms. The molecule has 0 aliphatic rings. The van der Waals surface area contributed by atoms with Gasteiger partial charge in [-0.1, -0.05) is 12.1 Å². The monoisotopic (exact) mass is 473 g/mol. The standard InChI is InChI=1S/C24H24FNO6S/c1-5-31-22(27)21-14-19(33(29,30)18-8-6-7-17(25)13-18)9-10-20(21)16-11-12-26(15-16)23(28)32-24(2,3)4/h6-15H,5H2,1-4H3. The predicted molar refractivity (Wildman–Crippen MR) is 119 cm³/mol. The van der Waals surface area contributed by atoms with Gasteiger partial charge in [-0.25, -0.2) is 22.4 Å². The fourth-order valence-corrected chi connectivity index (χ4v) is 4.39. The molecule has 0 N–H and O–H groups in total. The highest BCUT2D eigenvalue weighted by atomic mass is 32.2. The van der Waals surface area contributed by atoms with E-state index in [0.717, 1.165) is 12.1 Å². The van der Waals surface area contributed by atoms with Gasteiger partial charge in [-0.3, -0.25) is 4.57 Å². The number of hydrogen-bond acceptors (Lipinski definition) is 6. The van der Waals surface area contributed by atoms with Crippen LogP contribution in [0.1, 0.15) is 38.1 Å². The molecule has 0 atom stereocenters. The van der Waals surface area contributed by atoms with Crippen molar-refractivity contribution in [1.29, 1.82) is 0 Å². The molecule has 9 heteroatoms. The van der Waals surface area contributed by atoms with E-state index in [1.54, 1.807) is 33.8 Å². The van der Waals surface area contributed by atoms with Crippen LogP contribution in [0.3, 0.4) is 0 Å². The molecule has 0 saturated heterocycles. The van der Waals surface area contributed by atoms with Gasteiger partial charge in [-0.05, 0) is 69.7 Å². The second-order valence-corrected chi connectivity index (χ2v) is 10.1. The molecule has 1 aromatic heterocycles. The van der Waals surface area contributed by atoms with Gasteiger partial charge in [0.15, 0.2) is 0 Å². The molecule has 3 rings (SSSR count). The molecule has 3 aromatic rings. The summed E-state index contributed by atoms with van der Waals surface area (Å²) in [6.45, 7) is 6.94. The fraction of sp³-hybridized carbons (Fsp3) is 0.250. The van der Waals surface area contributed by atoms with Crippen molar-refractivity contribution in [2.24, 2.45) is 0 Å².